The van der Waals surface area contributed by atoms with Gasteiger partial charge in [0.1, 0.15) is 0 Å². The second-order valence-corrected chi connectivity index (χ2v) is 5.13. The number of nitrogens with zero attached hydrogens (tertiary/aromatic N) is 1. The Balaban J connectivity index is 2.05. The minimum Gasteiger partial charge on any atom is -0.356 e. The molecule has 0 spiro atoms. The number of para-hydroxylation sites is 1. The van der Waals surface area contributed by atoms with Crippen molar-refractivity contribution >= 4 is 5.69 Å². The third-order valence-corrected chi connectivity index (χ3v) is 3.39. The van der Waals surface area contributed by atoms with Crippen LogP contribution in [-0.4, -0.2) is 6.54 Å². The molecule has 0 bridgehead atoms. The molecule has 0 atom stereocenters. The zero-order chi connectivity index (χ0) is 14.8. The molecule has 0 N–H and O–H groups in total. The van der Waals surface area contributed by atoms with Crippen LogP contribution in [0, 0.1) is 11.8 Å². The van der Waals surface area contributed by atoms with Crippen LogP contribution in [0.5, 0.6) is 0 Å². The number of benzene rings is 2. The predicted octanol–water partition coefficient (Wildman–Crippen LogP) is 4.89. The smallest absolute Gasteiger partial charge is 0.0798 e. The third-order valence-electron chi connectivity index (χ3n) is 3.39. The van der Waals surface area contributed by atoms with Gasteiger partial charge in [0.2, 0.25) is 0 Å². The monoisotopic (exact) mass is 277 g/mol. The summed E-state index contributed by atoms with van der Waals surface area (Å²) < 4.78 is 0. The van der Waals surface area contributed by atoms with Crippen molar-refractivity contribution < 1.29 is 0 Å². The zero-order valence-electron chi connectivity index (χ0n) is 12.8. The standard InChI is InChI=1S/C20H23N/c1-2-3-4-5-12-17-21(20-15-10-7-11-16-20)18-19-13-8-6-9-14-19/h6-11,13-16H,2-4,17-18H2,1H3. The van der Waals surface area contributed by atoms with Crippen LogP contribution in [0.1, 0.15) is 31.7 Å². The average Bonchev–Trinajstić information content (AvgIpc) is 2.55. The lowest BCUT2D eigenvalue weighted by molar-refractivity contribution is 0.826. The minimum atomic E-state index is 0.780. The van der Waals surface area contributed by atoms with Crippen LogP contribution in [0.4, 0.5) is 5.69 Å². The highest BCUT2D eigenvalue weighted by Crippen LogP contribution is 2.16. The summed E-state index contributed by atoms with van der Waals surface area (Å²) in [5, 5.41) is 0. The predicted molar refractivity (Wildman–Crippen MR) is 91.2 cm³/mol. The SMILES string of the molecule is CCCCC#CCN(Cc1ccccc1)c1ccccc1. The lowest BCUT2D eigenvalue weighted by Crippen LogP contribution is -2.22. The van der Waals surface area contributed by atoms with E-state index in [1.807, 2.05) is 0 Å². The molecule has 1 heteroatoms. The first-order valence-electron chi connectivity index (χ1n) is 7.70. The second kappa shape index (κ2) is 8.87. The zero-order valence-corrected chi connectivity index (χ0v) is 12.8. The first-order valence-corrected chi connectivity index (χ1v) is 7.70. The van der Waals surface area contributed by atoms with Crippen molar-refractivity contribution in [3.63, 3.8) is 0 Å². The molecule has 0 aliphatic rings. The van der Waals surface area contributed by atoms with E-state index in [1.54, 1.807) is 0 Å². The van der Waals surface area contributed by atoms with Crippen LogP contribution in [-0.2, 0) is 6.54 Å². The van der Waals surface area contributed by atoms with Crippen LogP contribution >= 0.6 is 0 Å². The Morgan fingerprint density at radius 2 is 1.52 bits per heavy atom. The van der Waals surface area contributed by atoms with E-state index in [-0.39, 0.29) is 0 Å². The van der Waals surface area contributed by atoms with E-state index < -0.39 is 0 Å². The summed E-state index contributed by atoms with van der Waals surface area (Å²) in [7, 11) is 0. The Morgan fingerprint density at radius 3 is 2.19 bits per heavy atom. The Kier molecular flexibility index (Phi) is 6.42. The number of anilines is 1. The van der Waals surface area contributed by atoms with Crippen LogP contribution in [0.15, 0.2) is 60.7 Å². The molecule has 0 radical (unpaired) electrons. The van der Waals surface area contributed by atoms with E-state index in [1.165, 1.54) is 24.1 Å². The van der Waals surface area contributed by atoms with Gasteiger partial charge in [0.25, 0.3) is 0 Å². The van der Waals surface area contributed by atoms with E-state index in [0.717, 1.165) is 19.5 Å². The summed E-state index contributed by atoms with van der Waals surface area (Å²) in [6.45, 7) is 3.88. The molecule has 1 nitrogen and oxygen atoms in total. The molecule has 0 saturated carbocycles. The molecule has 0 aliphatic carbocycles. The Morgan fingerprint density at radius 1 is 0.857 bits per heavy atom. The first kappa shape index (κ1) is 15.2. The Hall–Kier alpha value is -2.20. The summed E-state index contributed by atoms with van der Waals surface area (Å²) in [5.74, 6) is 6.60. The number of hydrogen-bond acceptors (Lipinski definition) is 1. The topological polar surface area (TPSA) is 3.24 Å². The molecule has 0 unspecified atom stereocenters. The van der Waals surface area contributed by atoms with E-state index in [2.05, 4.69) is 84.3 Å². The third kappa shape index (κ3) is 5.36. The molecule has 21 heavy (non-hydrogen) atoms. The normalized spacial score (nSPS) is 9.76. The maximum Gasteiger partial charge on any atom is 0.0798 e. The minimum absolute atomic E-state index is 0.780. The van der Waals surface area contributed by atoms with Crippen LogP contribution in [0.3, 0.4) is 0 Å². The fraction of sp³-hybridized carbons (Fsp3) is 0.300. The van der Waals surface area contributed by atoms with E-state index in [4.69, 9.17) is 0 Å². The maximum atomic E-state index is 3.31. The van der Waals surface area contributed by atoms with Crippen molar-refractivity contribution in [2.75, 3.05) is 11.4 Å². The van der Waals surface area contributed by atoms with Crippen LogP contribution < -0.4 is 4.90 Å². The van der Waals surface area contributed by atoms with E-state index in [0.29, 0.717) is 0 Å². The van der Waals surface area contributed by atoms with Gasteiger partial charge in [0.15, 0.2) is 0 Å². The fourth-order valence-electron chi connectivity index (χ4n) is 2.19. The molecule has 2 aromatic carbocycles. The van der Waals surface area contributed by atoms with Crippen molar-refractivity contribution in [3.05, 3.63) is 66.2 Å². The summed E-state index contributed by atoms with van der Waals surface area (Å²) in [5.41, 5.74) is 2.54. The molecule has 0 amide bonds. The van der Waals surface area contributed by atoms with Gasteiger partial charge < -0.3 is 4.90 Å². The molecular weight excluding hydrogens is 254 g/mol. The van der Waals surface area contributed by atoms with E-state index >= 15 is 0 Å². The van der Waals surface area contributed by atoms with Gasteiger partial charge in [-0.2, -0.15) is 0 Å². The van der Waals surface area contributed by atoms with E-state index in [9.17, 15) is 0 Å². The number of hydrogen-bond donors (Lipinski definition) is 0. The lowest BCUT2D eigenvalue weighted by atomic mass is 10.2. The van der Waals surface area contributed by atoms with Gasteiger partial charge in [-0.1, -0.05) is 67.8 Å². The summed E-state index contributed by atoms with van der Waals surface area (Å²) in [6, 6.07) is 21.1. The molecule has 0 aliphatic heterocycles. The van der Waals surface area contributed by atoms with Gasteiger partial charge in [0, 0.05) is 18.7 Å². The van der Waals surface area contributed by atoms with Crippen LogP contribution in [0.25, 0.3) is 0 Å². The highest BCUT2D eigenvalue weighted by atomic mass is 15.1. The number of unbranched alkanes of at least 4 members (excludes halogenated alkanes) is 2. The quantitative estimate of drug-likeness (QED) is 0.537. The highest BCUT2D eigenvalue weighted by Gasteiger charge is 2.05. The average molecular weight is 277 g/mol. The molecular formula is C20H23N. The van der Waals surface area contributed by atoms with Crippen LogP contribution in [0.2, 0.25) is 0 Å². The second-order valence-electron chi connectivity index (χ2n) is 5.13. The van der Waals surface area contributed by atoms with Crippen molar-refractivity contribution in [1.29, 1.82) is 0 Å². The molecule has 0 heterocycles. The lowest BCUT2D eigenvalue weighted by Gasteiger charge is -2.22. The van der Waals surface area contributed by atoms with Crippen molar-refractivity contribution in [2.45, 2.75) is 32.7 Å². The fourth-order valence-corrected chi connectivity index (χ4v) is 2.19. The molecule has 2 rings (SSSR count). The molecule has 0 aromatic heterocycles. The van der Waals surface area contributed by atoms with Gasteiger partial charge in [-0.3, -0.25) is 0 Å². The summed E-state index contributed by atoms with van der Waals surface area (Å²) >= 11 is 0. The van der Waals surface area contributed by atoms with Gasteiger partial charge >= 0.3 is 0 Å². The summed E-state index contributed by atoms with van der Waals surface area (Å²) in [6.07, 6.45) is 3.41. The van der Waals surface area contributed by atoms with Crippen molar-refractivity contribution in [1.82, 2.24) is 0 Å². The number of rotatable bonds is 6. The van der Waals surface area contributed by atoms with Crippen molar-refractivity contribution in [3.8, 4) is 11.8 Å². The largest absolute Gasteiger partial charge is 0.356 e. The molecule has 0 fully saturated rings. The Bertz CT molecular complexity index is 563. The first-order chi connectivity index (χ1) is 10.4. The van der Waals surface area contributed by atoms with Gasteiger partial charge in [-0.25, -0.2) is 0 Å². The Labute approximate surface area is 128 Å². The molecule has 0 saturated heterocycles. The highest BCUT2D eigenvalue weighted by molar-refractivity contribution is 5.48. The summed E-state index contributed by atoms with van der Waals surface area (Å²) in [4.78, 5) is 2.33. The molecule has 2 aromatic rings. The molecule has 108 valence electrons. The van der Waals surface area contributed by atoms with Gasteiger partial charge in [-0.15, -0.1) is 5.92 Å². The van der Waals surface area contributed by atoms with Gasteiger partial charge in [-0.05, 0) is 24.1 Å². The van der Waals surface area contributed by atoms with Crippen molar-refractivity contribution in [2.24, 2.45) is 0 Å². The maximum absolute atomic E-state index is 3.31. The van der Waals surface area contributed by atoms with Gasteiger partial charge in [0.05, 0.1) is 6.54 Å².